The second kappa shape index (κ2) is 7.96. The van der Waals surface area contributed by atoms with Crippen LogP contribution in [0.2, 0.25) is 0 Å². The van der Waals surface area contributed by atoms with Crippen LogP contribution < -0.4 is 15.6 Å². The molecule has 1 amide bonds. The van der Waals surface area contributed by atoms with Gasteiger partial charge in [0.25, 0.3) is 5.56 Å². The van der Waals surface area contributed by atoms with Crippen LogP contribution in [0.25, 0.3) is 0 Å². The van der Waals surface area contributed by atoms with Crippen molar-refractivity contribution >= 4 is 5.91 Å². The normalized spacial score (nSPS) is 13.2. The maximum Gasteiger partial charge on any atom is 0.267 e. The first-order valence-corrected chi connectivity index (χ1v) is 8.65. The summed E-state index contributed by atoms with van der Waals surface area (Å²) < 4.78 is 6.39. The highest BCUT2D eigenvalue weighted by atomic mass is 16.5. The Bertz CT molecular complexity index is 797. The van der Waals surface area contributed by atoms with E-state index in [1.54, 1.807) is 13.2 Å². The summed E-state index contributed by atoms with van der Waals surface area (Å²) in [6.07, 6.45) is 4.71. The summed E-state index contributed by atoms with van der Waals surface area (Å²) in [4.78, 5) is 24.2. The van der Waals surface area contributed by atoms with Gasteiger partial charge < -0.3 is 10.1 Å². The van der Waals surface area contributed by atoms with Gasteiger partial charge in [0.2, 0.25) is 5.91 Å². The third-order valence-electron chi connectivity index (χ3n) is 4.46. The molecular weight excluding hydrogens is 318 g/mol. The van der Waals surface area contributed by atoms with E-state index < -0.39 is 0 Å². The van der Waals surface area contributed by atoms with Gasteiger partial charge >= 0.3 is 0 Å². The van der Waals surface area contributed by atoms with Crippen molar-refractivity contribution in [2.45, 2.75) is 38.6 Å². The molecule has 2 aromatic rings. The van der Waals surface area contributed by atoms with Gasteiger partial charge in [-0.25, -0.2) is 4.68 Å². The van der Waals surface area contributed by atoms with Gasteiger partial charge in [-0.15, -0.1) is 0 Å². The molecule has 1 aromatic heterocycles. The lowest BCUT2D eigenvalue weighted by Gasteiger charge is -2.15. The highest BCUT2D eigenvalue weighted by molar-refractivity contribution is 5.75. The maximum absolute atomic E-state index is 12.1. The molecule has 1 N–H and O–H groups in total. The van der Waals surface area contributed by atoms with Gasteiger partial charge in [0.1, 0.15) is 12.3 Å². The molecule has 0 fully saturated rings. The second-order valence-corrected chi connectivity index (χ2v) is 6.27. The van der Waals surface area contributed by atoms with E-state index >= 15 is 0 Å². The highest BCUT2D eigenvalue weighted by Crippen LogP contribution is 2.16. The molecule has 1 aliphatic carbocycles. The number of carbonyl (C=O) groups is 1. The fraction of sp³-hybridized carbons (Fsp3) is 0.421. The van der Waals surface area contributed by atoms with Crippen LogP contribution in [0.1, 0.15) is 29.7 Å². The van der Waals surface area contributed by atoms with E-state index in [2.05, 4.69) is 10.4 Å². The standard InChI is InChI=1S/C19H23N3O3/c1-25-16-8-6-14(7-9-16)10-11-20-18(23)13-22-19(24)12-15-4-2-3-5-17(15)21-22/h6-9,12H,2-5,10-11,13H2,1H3,(H,20,23). The third-order valence-corrected chi connectivity index (χ3v) is 4.46. The predicted octanol–water partition coefficient (Wildman–Crippen LogP) is 1.49. The first-order chi connectivity index (χ1) is 12.2. The van der Waals surface area contributed by atoms with Crippen LogP contribution in [0.15, 0.2) is 35.1 Å². The van der Waals surface area contributed by atoms with Crippen molar-refractivity contribution in [1.29, 1.82) is 0 Å². The predicted molar refractivity (Wildman–Crippen MR) is 94.8 cm³/mol. The van der Waals surface area contributed by atoms with Crippen molar-refractivity contribution < 1.29 is 9.53 Å². The lowest BCUT2D eigenvalue weighted by molar-refractivity contribution is -0.121. The minimum atomic E-state index is -0.203. The summed E-state index contributed by atoms with van der Waals surface area (Å²) in [5.74, 6) is 0.615. The van der Waals surface area contributed by atoms with Crippen molar-refractivity contribution in [3.8, 4) is 5.75 Å². The first-order valence-electron chi connectivity index (χ1n) is 8.65. The van der Waals surface area contributed by atoms with E-state index in [0.29, 0.717) is 6.54 Å². The second-order valence-electron chi connectivity index (χ2n) is 6.27. The number of fused-ring (bicyclic) bond motifs is 1. The molecule has 3 rings (SSSR count). The molecule has 6 nitrogen and oxygen atoms in total. The van der Waals surface area contributed by atoms with Crippen LogP contribution in [0.3, 0.4) is 0 Å². The Morgan fingerprint density at radius 3 is 2.76 bits per heavy atom. The van der Waals surface area contributed by atoms with Crippen LogP contribution in [-0.4, -0.2) is 29.3 Å². The van der Waals surface area contributed by atoms with Crippen LogP contribution >= 0.6 is 0 Å². The average molecular weight is 341 g/mol. The Hall–Kier alpha value is -2.63. The van der Waals surface area contributed by atoms with Crippen LogP contribution in [0.5, 0.6) is 5.75 Å². The molecule has 1 heterocycles. The van der Waals surface area contributed by atoms with Gasteiger partial charge in [0.05, 0.1) is 12.8 Å². The van der Waals surface area contributed by atoms with Gasteiger partial charge in [-0.1, -0.05) is 12.1 Å². The van der Waals surface area contributed by atoms with Crippen molar-refractivity contribution in [3.63, 3.8) is 0 Å². The van der Waals surface area contributed by atoms with E-state index in [0.717, 1.165) is 54.7 Å². The number of benzene rings is 1. The number of ether oxygens (including phenoxy) is 1. The van der Waals surface area contributed by atoms with Gasteiger partial charge in [-0.3, -0.25) is 9.59 Å². The van der Waals surface area contributed by atoms with Crippen molar-refractivity contribution in [3.05, 3.63) is 57.5 Å². The number of nitrogens with one attached hydrogen (secondary N) is 1. The topological polar surface area (TPSA) is 73.2 Å². The summed E-state index contributed by atoms with van der Waals surface area (Å²) >= 11 is 0. The fourth-order valence-electron chi connectivity index (χ4n) is 3.04. The summed E-state index contributed by atoms with van der Waals surface area (Å²) in [5, 5.41) is 7.21. The van der Waals surface area contributed by atoms with Crippen molar-refractivity contribution in [2.24, 2.45) is 0 Å². The number of hydrogen-bond donors (Lipinski definition) is 1. The number of hydrogen-bond acceptors (Lipinski definition) is 4. The summed E-state index contributed by atoms with van der Waals surface area (Å²) in [5.41, 5.74) is 2.90. The number of rotatable bonds is 6. The smallest absolute Gasteiger partial charge is 0.267 e. The van der Waals surface area contributed by atoms with Gasteiger partial charge in [0.15, 0.2) is 0 Å². The third kappa shape index (κ3) is 4.47. The Morgan fingerprint density at radius 2 is 2.00 bits per heavy atom. The molecule has 0 spiro atoms. The fourth-order valence-corrected chi connectivity index (χ4v) is 3.04. The Balaban J connectivity index is 1.53. The molecule has 6 heteroatoms. The largest absolute Gasteiger partial charge is 0.497 e. The number of carbonyl (C=O) groups excluding carboxylic acids is 1. The number of aromatic nitrogens is 2. The molecule has 1 aromatic carbocycles. The number of nitrogens with zero attached hydrogens (tertiary/aromatic N) is 2. The zero-order chi connectivity index (χ0) is 17.6. The average Bonchev–Trinajstić information content (AvgIpc) is 2.63. The summed E-state index contributed by atoms with van der Waals surface area (Å²) in [6, 6.07) is 9.37. The number of amides is 1. The molecule has 0 atom stereocenters. The summed E-state index contributed by atoms with van der Waals surface area (Å²) in [6.45, 7) is 0.486. The van der Waals surface area contributed by atoms with Gasteiger partial charge in [-0.05, 0) is 55.4 Å². The Morgan fingerprint density at radius 1 is 1.24 bits per heavy atom. The monoisotopic (exact) mass is 341 g/mol. The van der Waals surface area contributed by atoms with Crippen LogP contribution in [-0.2, 0) is 30.6 Å². The van der Waals surface area contributed by atoms with E-state index in [1.165, 1.54) is 4.68 Å². The minimum Gasteiger partial charge on any atom is -0.497 e. The van der Waals surface area contributed by atoms with Crippen molar-refractivity contribution in [1.82, 2.24) is 15.1 Å². The molecule has 0 aliphatic heterocycles. The van der Waals surface area contributed by atoms with E-state index in [1.807, 2.05) is 24.3 Å². The molecule has 25 heavy (non-hydrogen) atoms. The summed E-state index contributed by atoms with van der Waals surface area (Å²) in [7, 11) is 1.63. The molecule has 132 valence electrons. The molecule has 0 radical (unpaired) electrons. The molecule has 1 aliphatic rings. The molecular formula is C19H23N3O3. The van der Waals surface area contributed by atoms with Gasteiger partial charge in [-0.2, -0.15) is 5.10 Å². The Kier molecular flexibility index (Phi) is 5.48. The minimum absolute atomic E-state index is 0.0330. The van der Waals surface area contributed by atoms with Crippen molar-refractivity contribution in [2.75, 3.05) is 13.7 Å². The number of methoxy groups -OCH3 is 1. The molecule has 0 unspecified atom stereocenters. The highest BCUT2D eigenvalue weighted by Gasteiger charge is 2.14. The molecule has 0 saturated heterocycles. The first kappa shape index (κ1) is 17.2. The zero-order valence-electron chi connectivity index (χ0n) is 14.5. The quantitative estimate of drug-likeness (QED) is 0.864. The number of aryl methyl sites for hydroxylation is 2. The molecule has 0 bridgehead atoms. The zero-order valence-corrected chi connectivity index (χ0v) is 14.5. The Labute approximate surface area is 146 Å². The maximum atomic E-state index is 12.1. The van der Waals surface area contributed by atoms with E-state index in [4.69, 9.17) is 4.74 Å². The van der Waals surface area contributed by atoms with E-state index in [-0.39, 0.29) is 18.0 Å². The SMILES string of the molecule is COc1ccc(CCNC(=O)Cn2nc3c(cc2=O)CCCC3)cc1. The van der Waals surface area contributed by atoms with Gasteiger partial charge in [0, 0.05) is 12.6 Å². The molecule has 0 saturated carbocycles. The van der Waals surface area contributed by atoms with E-state index in [9.17, 15) is 9.59 Å². The van der Waals surface area contributed by atoms with Crippen LogP contribution in [0, 0.1) is 0 Å². The van der Waals surface area contributed by atoms with Crippen LogP contribution in [0.4, 0.5) is 0 Å². The lowest BCUT2D eigenvalue weighted by Crippen LogP contribution is -2.35. The lowest BCUT2D eigenvalue weighted by atomic mass is 9.97.